The van der Waals surface area contributed by atoms with E-state index in [0.29, 0.717) is 43.0 Å². The summed E-state index contributed by atoms with van der Waals surface area (Å²) in [7, 11) is 0. The van der Waals surface area contributed by atoms with Gasteiger partial charge in [-0.1, -0.05) is 12.8 Å². The van der Waals surface area contributed by atoms with Crippen LogP contribution in [-0.2, 0) is 16.0 Å². The minimum absolute atomic E-state index is 0.0770. The van der Waals surface area contributed by atoms with Crippen LogP contribution in [0.1, 0.15) is 44.1 Å². The first kappa shape index (κ1) is 16.4. The van der Waals surface area contributed by atoms with Crippen molar-refractivity contribution >= 4 is 11.8 Å². The Morgan fingerprint density at radius 3 is 2.72 bits per heavy atom. The lowest BCUT2D eigenvalue weighted by Gasteiger charge is -2.30. The van der Waals surface area contributed by atoms with Gasteiger partial charge >= 0.3 is 0 Å². The van der Waals surface area contributed by atoms with E-state index in [2.05, 4.69) is 10.6 Å². The summed E-state index contributed by atoms with van der Waals surface area (Å²) in [6, 6.07) is 4.27. The molecule has 25 heavy (non-hydrogen) atoms. The first-order chi connectivity index (χ1) is 12.1. The largest absolute Gasteiger partial charge is 0.480 e. The fourth-order valence-corrected chi connectivity index (χ4v) is 3.80. The number of hydrogen-bond donors (Lipinski definition) is 2. The number of hydrogen-bond acceptors (Lipinski definition) is 3. The van der Waals surface area contributed by atoms with E-state index in [1.54, 1.807) is 6.07 Å². The molecular formula is C19H23FN2O3. The Kier molecular flexibility index (Phi) is 4.13. The molecule has 4 rings (SSSR count). The van der Waals surface area contributed by atoms with Crippen molar-refractivity contribution in [1.29, 1.82) is 0 Å². The van der Waals surface area contributed by atoms with Crippen LogP contribution < -0.4 is 15.4 Å². The maximum atomic E-state index is 13.3. The average Bonchev–Trinajstić information content (AvgIpc) is 3.13. The fourth-order valence-electron chi connectivity index (χ4n) is 3.80. The molecule has 6 heteroatoms. The molecule has 2 amide bonds. The highest BCUT2D eigenvalue weighted by Crippen LogP contribution is 2.33. The third-order valence-electron chi connectivity index (χ3n) is 5.49. The third-order valence-corrected chi connectivity index (χ3v) is 5.49. The van der Waals surface area contributed by atoms with Crippen molar-refractivity contribution in [2.75, 3.05) is 6.54 Å². The normalized spacial score (nSPS) is 23.6. The number of ether oxygens (including phenoxy) is 1. The van der Waals surface area contributed by atoms with Crippen molar-refractivity contribution in [1.82, 2.24) is 10.6 Å². The molecule has 1 heterocycles. The zero-order valence-electron chi connectivity index (χ0n) is 14.1. The summed E-state index contributed by atoms with van der Waals surface area (Å²) in [5.74, 6) is 0.433. The molecule has 0 radical (unpaired) electrons. The Labute approximate surface area is 146 Å². The summed E-state index contributed by atoms with van der Waals surface area (Å²) in [6.07, 6.45) is 5.13. The van der Waals surface area contributed by atoms with Crippen molar-refractivity contribution in [3.8, 4) is 5.75 Å². The topological polar surface area (TPSA) is 67.4 Å². The second-order valence-corrected chi connectivity index (χ2v) is 7.49. The van der Waals surface area contributed by atoms with Gasteiger partial charge in [-0.2, -0.15) is 0 Å². The maximum absolute atomic E-state index is 13.3. The van der Waals surface area contributed by atoms with E-state index in [-0.39, 0.29) is 17.6 Å². The lowest BCUT2D eigenvalue weighted by Crippen LogP contribution is -2.59. The molecule has 3 aliphatic rings. The van der Waals surface area contributed by atoms with Gasteiger partial charge in [0.05, 0.1) is 0 Å². The number of fused-ring (bicyclic) bond motifs is 1. The zero-order valence-corrected chi connectivity index (χ0v) is 14.1. The lowest BCUT2D eigenvalue weighted by atomic mass is 9.95. The highest BCUT2D eigenvalue weighted by molar-refractivity contribution is 5.93. The van der Waals surface area contributed by atoms with E-state index >= 15 is 0 Å². The van der Waals surface area contributed by atoms with E-state index < -0.39 is 11.6 Å². The van der Waals surface area contributed by atoms with Crippen LogP contribution >= 0.6 is 0 Å². The van der Waals surface area contributed by atoms with Gasteiger partial charge in [0.25, 0.3) is 5.91 Å². The quantitative estimate of drug-likeness (QED) is 0.858. The molecule has 1 aromatic carbocycles. The standard InChI is InChI=1S/C19H23FN2O3/c20-14-5-6-15-13(9-14)10-16(25-15)17(23)22-19(7-1-2-8-19)18(24)21-11-12-3-4-12/h5-6,9,12,16H,1-4,7-8,10-11H2,(H,21,24)(H,22,23)/t16-/m0/s1. The molecule has 0 unspecified atom stereocenters. The number of rotatable bonds is 5. The van der Waals surface area contributed by atoms with Gasteiger partial charge in [0.2, 0.25) is 5.91 Å². The van der Waals surface area contributed by atoms with E-state index in [0.717, 1.165) is 12.8 Å². The molecule has 0 bridgehead atoms. The van der Waals surface area contributed by atoms with Crippen molar-refractivity contribution in [2.45, 2.75) is 56.6 Å². The maximum Gasteiger partial charge on any atom is 0.262 e. The molecule has 0 saturated heterocycles. The van der Waals surface area contributed by atoms with Gasteiger partial charge in [0.15, 0.2) is 6.10 Å². The Bertz CT molecular complexity index is 696. The van der Waals surface area contributed by atoms with Crippen LogP contribution in [0.15, 0.2) is 18.2 Å². The second-order valence-electron chi connectivity index (χ2n) is 7.49. The Hall–Kier alpha value is -2.11. The minimum atomic E-state index is -0.824. The van der Waals surface area contributed by atoms with Crippen LogP contribution in [0.2, 0.25) is 0 Å². The lowest BCUT2D eigenvalue weighted by molar-refractivity contribution is -0.136. The van der Waals surface area contributed by atoms with Crippen LogP contribution in [0, 0.1) is 11.7 Å². The highest BCUT2D eigenvalue weighted by atomic mass is 19.1. The van der Waals surface area contributed by atoms with Crippen molar-refractivity contribution < 1.29 is 18.7 Å². The van der Waals surface area contributed by atoms with Gasteiger partial charge in [-0.3, -0.25) is 9.59 Å². The second kappa shape index (κ2) is 6.32. The smallest absolute Gasteiger partial charge is 0.262 e. The SMILES string of the molecule is O=C(NC1(C(=O)NCC2CC2)CCCC1)[C@@H]1Cc2cc(F)ccc2O1. The molecule has 0 aromatic heterocycles. The molecular weight excluding hydrogens is 323 g/mol. The first-order valence-corrected chi connectivity index (χ1v) is 9.11. The minimum Gasteiger partial charge on any atom is -0.480 e. The summed E-state index contributed by atoms with van der Waals surface area (Å²) in [6.45, 7) is 0.696. The summed E-state index contributed by atoms with van der Waals surface area (Å²) in [5.41, 5.74) is -0.131. The highest BCUT2D eigenvalue weighted by Gasteiger charge is 2.44. The molecule has 2 N–H and O–H groups in total. The van der Waals surface area contributed by atoms with Crippen LogP contribution in [0.3, 0.4) is 0 Å². The molecule has 134 valence electrons. The van der Waals surface area contributed by atoms with E-state index in [1.165, 1.54) is 25.0 Å². The summed E-state index contributed by atoms with van der Waals surface area (Å²) in [4.78, 5) is 25.4. The number of carbonyl (C=O) groups excluding carboxylic acids is 2. The molecule has 0 spiro atoms. The van der Waals surface area contributed by atoms with Crippen LogP contribution in [0.25, 0.3) is 0 Å². The summed E-state index contributed by atoms with van der Waals surface area (Å²) < 4.78 is 19.0. The number of nitrogens with one attached hydrogen (secondary N) is 2. The van der Waals surface area contributed by atoms with Gasteiger partial charge in [-0.05, 0) is 49.8 Å². The number of carbonyl (C=O) groups is 2. The Balaban J connectivity index is 1.42. The molecule has 1 atom stereocenters. The molecule has 2 aliphatic carbocycles. The van der Waals surface area contributed by atoms with Crippen molar-refractivity contribution in [2.24, 2.45) is 5.92 Å². The number of amides is 2. The predicted octanol–water partition coefficient (Wildman–Crippen LogP) is 2.08. The number of halogens is 1. The zero-order chi connectivity index (χ0) is 17.4. The average molecular weight is 346 g/mol. The molecule has 5 nitrogen and oxygen atoms in total. The van der Waals surface area contributed by atoms with Crippen LogP contribution in [0.4, 0.5) is 4.39 Å². The fraction of sp³-hybridized carbons (Fsp3) is 0.579. The third kappa shape index (κ3) is 3.34. The molecule has 2 saturated carbocycles. The summed E-state index contributed by atoms with van der Waals surface area (Å²) in [5, 5.41) is 5.96. The molecule has 2 fully saturated rings. The van der Waals surface area contributed by atoms with Crippen LogP contribution in [-0.4, -0.2) is 30.0 Å². The van der Waals surface area contributed by atoms with Crippen molar-refractivity contribution in [3.05, 3.63) is 29.6 Å². The summed E-state index contributed by atoms with van der Waals surface area (Å²) >= 11 is 0. The predicted molar refractivity (Wildman–Crippen MR) is 89.6 cm³/mol. The van der Waals surface area contributed by atoms with E-state index in [9.17, 15) is 14.0 Å². The Morgan fingerprint density at radius 1 is 1.24 bits per heavy atom. The monoisotopic (exact) mass is 346 g/mol. The number of benzene rings is 1. The van der Waals surface area contributed by atoms with Gasteiger partial charge in [-0.25, -0.2) is 4.39 Å². The van der Waals surface area contributed by atoms with E-state index in [1.807, 2.05) is 0 Å². The van der Waals surface area contributed by atoms with Gasteiger partial charge < -0.3 is 15.4 Å². The van der Waals surface area contributed by atoms with Crippen LogP contribution in [0.5, 0.6) is 5.75 Å². The van der Waals surface area contributed by atoms with Gasteiger partial charge in [-0.15, -0.1) is 0 Å². The molecule has 1 aliphatic heterocycles. The molecule has 1 aromatic rings. The van der Waals surface area contributed by atoms with Crippen molar-refractivity contribution in [3.63, 3.8) is 0 Å². The van der Waals surface area contributed by atoms with E-state index in [4.69, 9.17) is 4.74 Å². The Morgan fingerprint density at radius 2 is 2.00 bits per heavy atom. The van der Waals surface area contributed by atoms with Gasteiger partial charge in [0.1, 0.15) is 17.1 Å². The first-order valence-electron chi connectivity index (χ1n) is 9.11. The van der Waals surface area contributed by atoms with Gasteiger partial charge in [0, 0.05) is 18.5 Å².